The van der Waals surface area contributed by atoms with Crippen molar-refractivity contribution in [2.45, 2.75) is 18.9 Å². The number of aryl methyl sites for hydroxylation is 1. The van der Waals surface area contributed by atoms with Crippen LogP contribution in [0.15, 0.2) is 48.5 Å². The summed E-state index contributed by atoms with van der Waals surface area (Å²) in [5, 5.41) is 5.38. The van der Waals surface area contributed by atoms with Gasteiger partial charge < -0.3 is 19.9 Å². The predicted octanol–water partition coefficient (Wildman–Crippen LogP) is 5.07. The monoisotopic (exact) mass is 497 g/mol. The number of benzene rings is 2. The van der Waals surface area contributed by atoms with E-state index in [2.05, 4.69) is 35.3 Å². The highest BCUT2D eigenvalue weighted by Crippen LogP contribution is 2.31. The molecular weight excluding hydrogens is 480 g/mol. The first-order valence-corrected chi connectivity index (χ1v) is 10.0. The summed E-state index contributed by atoms with van der Waals surface area (Å²) in [6.45, 7) is -1.57. The summed E-state index contributed by atoms with van der Waals surface area (Å²) < 4.78 is 83.3. The molecule has 0 aliphatic carbocycles. The van der Waals surface area contributed by atoms with Crippen molar-refractivity contribution in [1.82, 2.24) is 24.5 Å². The third-order valence-electron chi connectivity index (χ3n) is 4.71. The molecule has 2 aromatic heterocycles. The van der Waals surface area contributed by atoms with Crippen LogP contribution in [0.4, 0.5) is 43.9 Å². The van der Waals surface area contributed by atoms with Gasteiger partial charge in [-0.3, -0.25) is 0 Å². The van der Waals surface area contributed by atoms with Gasteiger partial charge in [-0.15, -0.1) is 0 Å². The zero-order valence-electron chi connectivity index (χ0n) is 17.9. The van der Waals surface area contributed by atoms with Crippen LogP contribution in [0.2, 0.25) is 0 Å². The molecule has 4 aromatic rings. The number of halogens is 6. The molecule has 2 aromatic carbocycles. The number of rotatable bonds is 7. The number of hydrogen-bond donors (Lipinski definition) is 2. The first-order valence-electron chi connectivity index (χ1n) is 10.0. The fourth-order valence-corrected chi connectivity index (χ4v) is 3.12. The van der Waals surface area contributed by atoms with Crippen LogP contribution in [0.5, 0.6) is 6.01 Å². The Labute approximate surface area is 194 Å². The zero-order valence-corrected chi connectivity index (χ0v) is 17.9. The molecule has 0 saturated heterocycles. The summed E-state index contributed by atoms with van der Waals surface area (Å²) in [6.07, 6.45) is -9.24. The quantitative estimate of drug-likeness (QED) is 0.345. The SMILES string of the molecule is Cn1c(CNc2nc(Nc3cccc(C(F)(F)F)c3)nc(OCC(F)(F)F)n2)nc2ccccc21. The number of nitrogens with one attached hydrogen (secondary N) is 2. The molecule has 35 heavy (non-hydrogen) atoms. The van der Waals surface area contributed by atoms with Crippen LogP contribution in [-0.4, -0.2) is 37.3 Å². The number of anilines is 3. The van der Waals surface area contributed by atoms with E-state index in [9.17, 15) is 26.3 Å². The van der Waals surface area contributed by atoms with E-state index < -0.39 is 30.5 Å². The van der Waals surface area contributed by atoms with E-state index >= 15 is 0 Å². The van der Waals surface area contributed by atoms with Gasteiger partial charge in [-0.2, -0.15) is 41.3 Å². The second kappa shape index (κ2) is 9.27. The standard InChI is InChI=1S/C21H17F6N7O/c1-34-15-8-3-2-7-14(15)30-16(34)10-28-17-31-18(33-19(32-17)35-11-20(22,23)24)29-13-6-4-5-12(9-13)21(25,26)27/h2-9H,10-11H2,1H3,(H2,28,29,31,32,33). The van der Waals surface area contributed by atoms with Crippen molar-refractivity contribution < 1.29 is 31.1 Å². The van der Waals surface area contributed by atoms with Crippen LogP contribution in [0.25, 0.3) is 11.0 Å². The van der Waals surface area contributed by atoms with E-state index in [1.54, 1.807) is 7.05 Å². The van der Waals surface area contributed by atoms with Crippen LogP contribution in [0.1, 0.15) is 11.4 Å². The second-order valence-electron chi connectivity index (χ2n) is 7.30. The molecular formula is C21H17F6N7O. The van der Waals surface area contributed by atoms with Crippen molar-refractivity contribution in [3.8, 4) is 6.01 Å². The van der Waals surface area contributed by atoms with Gasteiger partial charge in [0.2, 0.25) is 11.9 Å². The third-order valence-corrected chi connectivity index (χ3v) is 4.71. The van der Waals surface area contributed by atoms with Gasteiger partial charge in [0.25, 0.3) is 0 Å². The first-order chi connectivity index (χ1) is 16.5. The van der Waals surface area contributed by atoms with Crippen molar-refractivity contribution in [2.24, 2.45) is 7.05 Å². The molecule has 14 heteroatoms. The second-order valence-corrected chi connectivity index (χ2v) is 7.30. The Morgan fingerprint density at radius 1 is 0.886 bits per heavy atom. The normalized spacial score (nSPS) is 12.1. The number of hydrogen-bond acceptors (Lipinski definition) is 7. The topological polar surface area (TPSA) is 89.8 Å². The van der Waals surface area contributed by atoms with Crippen molar-refractivity contribution in [3.05, 3.63) is 59.9 Å². The lowest BCUT2D eigenvalue weighted by Gasteiger charge is -2.13. The van der Waals surface area contributed by atoms with Crippen LogP contribution in [-0.2, 0) is 19.8 Å². The summed E-state index contributed by atoms with van der Waals surface area (Å²) in [6, 6.07) is 10.9. The van der Waals surface area contributed by atoms with Gasteiger partial charge in [-0.1, -0.05) is 18.2 Å². The number of aromatic nitrogens is 5. The van der Waals surface area contributed by atoms with Crippen LogP contribution < -0.4 is 15.4 Å². The van der Waals surface area contributed by atoms with Crippen LogP contribution in [0.3, 0.4) is 0 Å². The minimum atomic E-state index is -4.65. The highest BCUT2D eigenvalue weighted by atomic mass is 19.4. The Kier molecular flexibility index (Phi) is 6.37. The van der Waals surface area contributed by atoms with Crippen LogP contribution in [0, 0.1) is 0 Å². The van der Waals surface area contributed by atoms with E-state index in [4.69, 9.17) is 0 Å². The number of alkyl halides is 6. The molecule has 4 rings (SSSR count). The molecule has 0 amide bonds. The van der Waals surface area contributed by atoms with Crippen molar-refractivity contribution >= 4 is 28.6 Å². The maximum atomic E-state index is 13.0. The van der Waals surface area contributed by atoms with Crippen molar-refractivity contribution in [3.63, 3.8) is 0 Å². The minimum absolute atomic E-state index is 0.0332. The Morgan fingerprint density at radius 3 is 2.34 bits per heavy atom. The van der Waals surface area contributed by atoms with Crippen molar-refractivity contribution in [2.75, 3.05) is 17.2 Å². The molecule has 0 atom stereocenters. The smallest absolute Gasteiger partial charge is 0.422 e. The molecule has 8 nitrogen and oxygen atoms in total. The maximum absolute atomic E-state index is 13.0. The lowest BCUT2D eigenvalue weighted by atomic mass is 10.2. The van der Waals surface area contributed by atoms with Gasteiger partial charge >= 0.3 is 18.4 Å². The molecule has 0 radical (unpaired) electrons. The molecule has 2 heterocycles. The largest absolute Gasteiger partial charge is 0.454 e. The summed E-state index contributed by atoms with van der Waals surface area (Å²) in [5.74, 6) is 0.0967. The molecule has 0 fully saturated rings. The number of nitrogens with zero attached hydrogens (tertiary/aromatic N) is 5. The fraction of sp³-hybridized carbons (Fsp3) is 0.238. The number of imidazole rings is 1. The average Bonchev–Trinajstić information content (AvgIpc) is 3.11. The number of fused-ring (bicyclic) bond motifs is 1. The minimum Gasteiger partial charge on any atom is -0.454 e. The van der Waals surface area contributed by atoms with Gasteiger partial charge in [0.05, 0.1) is 23.1 Å². The molecule has 184 valence electrons. The van der Waals surface area contributed by atoms with Gasteiger partial charge in [-0.05, 0) is 30.3 Å². The molecule has 0 aliphatic heterocycles. The predicted molar refractivity (Wildman–Crippen MR) is 114 cm³/mol. The zero-order chi connectivity index (χ0) is 25.2. The highest BCUT2D eigenvalue weighted by Gasteiger charge is 2.31. The summed E-state index contributed by atoms with van der Waals surface area (Å²) >= 11 is 0. The molecule has 0 aliphatic rings. The van der Waals surface area contributed by atoms with E-state index in [0.29, 0.717) is 5.82 Å². The number of para-hydroxylation sites is 2. The molecule has 2 N–H and O–H groups in total. The Bertz CT molecular complexity index is 1340. The van der Waals surface area contributed by atoms with E-state index in [-0.39, 0.29) is 24.1 Å². The first kappa shape index (κ1) is 24.0. The lowest BCUT2D eigenvalue weighted by Crippen LogP contribution is -2.21. The summed E-state index contributed by atoms with van der Waals surface area (Å²) in [5.41, 5.74) is 0.643. The fourth-order valence-electron chi connectivity index (χ4n) is 3.12. The average molecular weight is 497 g/mol. The Balaban J connectivity index is 1.59. The Morgan fingerprint density at radius 2 is 1.63 bits per heavy atom. The van der Waals surface area contributed by atoms with E-state index in [0.717, 1.165) is 29.2 Å². The van der Waals surface area contributed by atoms with Crippen molar-refractivity contribution in [1.29, 1.82) is 0 Å². The van der Waals surface area contributed by atoms with Gasteiger partial charge in [-0.25, -0.2) is 4.98 Å². The van der Waals surface area contributed by atoms with Gasteiger partial charge in [0.1, 0.15) is 5.82 Å². The van der Waals surface area contributed by atoms with Gasteiger partial charge in [0, 0.05) is 12.7 Å². The molecule has 0 spiro atoms. The van der Waals surface area contributed by atoms with E-state index in [1.807, 2.05) is 28.8 Å². The highest BCUT2D eigenvalue weighted by molar-refractivity contribution is 5.75. The molecule has 0 bridgehead atoms. The third kappa shape index (κ3) is 6.07. The summed E-state index contributed by atoms with van der Waals surface area (Å²) in [7, 11) is 1.79. The number of ether oxygens (including phenoxy) is 1. The molecule has 0 unspecified atom stereocenters. The maximum Gasteiger partial charge on any atom is 0.422 e. The van der Waals surface area contributed by atoms with Gasteiger partial charge in [0.15, 0.2) is 6.61 Å². The van der Waals surface area contributed by atoms with E-state index in [1.165, 1.54) is 6.07 Å². The molecule has 0 saturated carbocycles. The summed E-state index contributed by atoms with van der Waals surface area (Å²) in [4.78, 5) is 16.1. The Hall–Kier alpha value is -4.10. The van der Waals surface area contributed by atoms with Crippen LogP contribution >= 0.6 is 0 Å². The lowest BCUT2D eigenvalue weighted by molar-refractivity contribution is -0.154.